The van der Waals surface area contributed by atoms with Crippen LogP contribution >= 0.6 is 0 Å². The van der Waals surface area contributed by atoms with E-state index in [1.54, 1.807) is 18.3 Å². The van der Waals surface area contributed by atoms with E-state index in [1.165, 1.54) is 7.11 Å². The van der Waals surface area contributed by atoms with E-state index < -0.39 is 0 Å². The lowest BCUT2D eigenvalue weighted by molar-refractivity contribution is 0.412. The fourth-order valence-electron chi connectivity index (χ4n) is 1.22. The predicted molar refractivity (Wildman–Crippen MR) is 50.8 cm³/mol. The molecule has 0 N–H and O–H groups in total. The molecule has 0 aliphatic rings. The van der Waals surface area contributed by atoms with E-state index in [1.807, 2.05) is 12.1 Å². The van der Waals surface area contributed by atoms with Gasteiger partial charge in [0.1, 0.15) is 6.07 Å². The van der Waals surface area contributed by atoms with Crippen molar-refractivity contribution in [1.29, 1.82) is 5.26 Å². The lowest BCUT2D eigenvalue weighted by atomic mass is 10.2. The van der Waals surface area contributed by atoms with E-state index in [2.05, 4.69) is 9.97 Å². The third-order valence-electron chi connectivity index (χ3n) is 1.88. The van der Waals surface area contributed by atoms with Crippen LogP contribution in [-0.2, 0) is 0 Å². The maximum Gasteiger partial charge on any atom is 0.183 e. The van der Waals surface area contributed by atoms with Gasteiger partial charge in [-0.25, -0.2) is 4.98 Å². The summed E-state index contributed by atoms with van der Waals surface area (Å²) < 4.78 is 5.02. The van der Waals surface area contributed by atoms with E-state index in [0.717, 1.165) is 5.52 Å². The van der Waals surface area contributed by atoms with Gasteiger partial charge < -0.3 is 4.74 Å². The maximum atomic E-state index is 8.80. The van der Waals surface area contributed by atoms with Gasteiger partial charge in [-0.3, -0.25) is 4.98 Å². The van der Waals surface area contributed by atoms with Gasteiger partial charge in [-0.15, -0.1) is 0 Å². The Hall–Kier alpha value is -2.15. The van der Waals surface area contributed by atoms with Gasteiger partial charge in [-0.1, -0.05) is 0 Å². The Morgan fingerprint density at radius 3 is 3.00 bits per heavy atom. The van der Waals surface area contributed by atoms with Crippen molar-refractivity contribution in [2.24, 2.45) is 0 Å². The van der Waals surface area contributed by atoms with Crippen LogP contribution in [0.1, 0.15) is 5.69 Å². The van der Waals surface area contributed by atoms with Crippen molar-refractivity contribution in [2.45, 2.75) is 0 Å². The molecule has 0 aliphatic carbocycles. The molecule has 0 aliphatic heterocycles. The molecule has 0 atom stereocenters. The zero-order chi connectivity index (χ0) is 9.97. The second-order valence-electron chi connectivity index (χ2n) is 2.69. The zero-order valence-corrected chi connectivity index (χ0v) is 7.56. The van der Waals surface area contributed by atoms with E-state index in [9.17, 15) is 0 Å². The summed E-state index contributed by atoms with van der Waals surface area (Å²) in [7, 11) is 1.51. The summed E-state index contributed by atoms with van der Waals surface area (Å²) in [6, 6.07) is 7.27. The fourth-order valence-corrected chi connectivity index (χ4v) is 1.22. The van der Waals surface area contributed by atoms with Crippen molar-refractivity contribution in [3.63, 3.8) is 0 Å². The Bertz CT molecular complexity index is 516. The number of nitrogens with zero attached hydrogens (tertiary/aromatic N) is 3. The fraction of sp³-hybridized carbons (Fsp3) is 0.100. The first-order valence-corrected chi connectivity index (χ1v) is 4.05. The number of fused-ring (bicyclic) bond motifs is 1. The van der Waals surface area contributed by atoms with Gasteiger partial charge in [0.25, 0.3) is 0 Å². The molecule has 0 saturated carbocycles. The maximum absolute atomic E-state index is 8.80. The minimum Gasteiger partial charge on any atom is -0.494 e. The van der Waals surface area contributed by atoms with Crippen LogP contribution in [0.2, 0.25) is 0 Å². The van der Waals surface area contributed by atoms with Crippen LogP contribution in [0.15, 0.2) is 24.4 Å². The van der Waals surface area contributed by atoms with E-state index in [0.29, 0.717) is 11.3 Å². The third kappa shape index (κ3) is 1.25. The first-order chi connectivity index (χ1) is 6.85. The van der Waals surface area contributed by atoms with Crippen molar-refractivity contribution < 1.29 is 4.74 Å². The smallest absolute Gasteiger partial charge is 0.183 e. The topological polar surface area (TPSA) is 58.8 Å². The molecule has 4 heteroatoms. The summed E-state index contributed by atoms with van der Waals surface area (Å²) in [5.41, 5.74) is 1.71. The Morgan fingerprint density at radius 1 is 1.43 bits per heavy atom. The molecule has 0 saturated heterocycles. The minimum atomic E-state index is 0.285. The van der Waals surface area contributed by atoms with Crippen LogP contribution in [-0.4, -0.2) is 17.1 Å². The molecule has 0 fully saturated rings. The summed E-state index contributed by atoms with van der Waals surface area (Å²) in [6.07, 6.45) is 1.68. The van der Waals surface area contributed by atoms with Crippen molar-refractivity contribution in [1.82, 2.24) is 9.97 Å². The average molecular weight is 185 g/mol. The lowest BCUT2D eigenvalue weighted by Crippen LogP contribution is -1.93. The van der Waals surface area contributed by atoms with E-state index >= 15 is 0 Å². The Labute approximate surface area is 80.8 Å². The number of ether oxygens (including phenoxy) is 1. The van der Waals surface area contributed by atoms with Crippen molar-refractivity contribution in [3.8, 4) is 11.8 Å². The SMILES string of the molecule is COc1cc2ncccc2nc1C#N. The molecule has 0 spiro atoms. The monoisotopic (exact) mass is 185 g/mol. The Morgan fingerprint density at radius 2 is 2.29 bits per heavy atom. The van der Waals surface area contributed by atoms with Crippen LogP contribution in [0, 0.1) is 11.3 Å². The molecule has 0 amide bonds. The molecule has 0 radical (unpaired) electrons. The first-order valence-electron chi connectivity index (χ1n) is 4.05. The molecule has 2 aromatic rings. The molecule has 2 heterocycles. The number of rotatable bonds is 1. The van der Waals surface area contributed by atoms with Crippen LogP contribution in [0.4, 0.5) is 0 Å². The van der Waals surface area contributed by atoms with Gasteiger partial charge in [0.15, 0.2) is 11.4 Å². The highest BCUT2D eigenvalue weighted by Crippen LogP contribution is 2.20. The second-order valence-corrected chi connectivity index (χ2v) is 2.69. The summed E-state index contributed by atoms with van der Waals surface area (Å²) in [6.45, 7) is 0. The molecular weight excluding hydrogens is 178 g/mol. The normalized spacial score (nSPS) is 9.71. The number of pyridine rings is 2. The van der Waals surface area contributed by atoms with E-state index in [4.69, 9.17) is 10.00 Å². The van der Waals surface area contributed by atoms with Gasteiger partial charge in [0.2, 0.25) is 0 Å². The lowest BCUT2D eigenvalue weighted by Gasteiger charge is -2.02. The Balaban J connectivity index is 2.77. The molecule has 2 aromatic heterocycles. The van der Waals surface area contributed by atoms with Gasteiger partial charge >= 0.3 is 0 Å². The van der Waals surface area contributed by atoms with Crippen LogP contribution < -0.4 is 4.74 Å². The van der Waals surface area contributed by atoms with Gasteiger partial charge in [-0.2, -0.15) is 5.26 Å². The molecule has 0 unspecified atom stereocenters. The number of hydrogen-bond acceptors (Lipinski definition) is 4. The van der Waals surface area contributed by atoms with Crippen molar-refractivity contribution in [3.05, 3.63) is 30.1 Å². The number of aromatic nitrogens is 2. The van der Waals surface area contributed by atoms with Gasteiger partial charge in [0.05, 0.1) is 18.1 Å². The van der Waals surface area contributed by atoms with Crippen molar-refractivity contribution >= 4 is 11.0 Å². The minimum absolute atomic E-state index is 0.285. The summed E-state index contributed by atoms with van der Waals surface area (Å²) in [5.74, 6) is 0.457. The van der Waals surface area contributed by atoms with Crippen LogP contribution in [0.3, 0.4) is 0 Å². The molecular formula is C10H7N3O. The number of nitriles is 1. The number of methoxy groups -OCH3 is 1. The summed E-state index contributed by atoms with van der Waals surface area (Å²) in [4.78, 5) is 8.23. The molecule has 2 rings (SSSR count). The largest absolute Gasteiger partial charge is 0.494 e. The quantitative estimate of drug-likeness (QED) is 0.675. The highest BCUT2D eigenvalue weighted by Gasteiger charge is 2.06. The number of hydrogen-bond donors (Lipinski definition) is 0. The second kappa shape index (κ2) is 3.30. The molecule has 14 heavy (non-hydrogen) atoms. The van der Waals surface area contributed by atoms with Crippen LogP contribution in [0.25, 0.3) is 11.0 Å². The summed E-state index contributed by atoms with van der Waals surface area (Å²) >= 11 is 0. The van der Waals surface area contributed by atoms with Crippen LogP contribution in [0.5, 0.6) is 5.75 Å². The zero-order valence-electron chi connectivity index (χ0n) is 7.56. The summed E-state index contributed by atoms with van der Waals surface area (Å²) in [5, 5.41) is 8.80. The third-order valence-corrected chi connectivity index (χ3v) is 1.88. The van der Waals surface area contributed by atoms with Gasteiger partial charge in [-0.05, 0) is 12.1 Å². The molecule has 68 valence electrons. The Kier molecular flexibility index (Phi) is 1.99. The first kappa shape index (κ1) is 8.45. The predicted octanol–water partition coefficient (Wildman–Crippen LogP) is 1.51. The van der Waals surface area contributed by atoms with E-state index in [-0.39, 0.29) is 5.69 Å². The molecule has 0 bridgehead atoms. The average Bonchev–Trinajstić information content (AvgIpc) is 2.27. The standard InChI is InChI=1S/C10H7N3O/c1-14-10-5-8-7(3-2-4-12-8)13-9(10)6-11/h2-5H,1H3. The highest BCUT2D eigenvalue weighted by atomic mass is 16.5. The molecule has 4 nitrogen and oxygen atoms in total. The van der Waals surface area contributed by atoms with Crippen molar-refractivity contribution in [2.75, 3.05) is 7.11 Å². The van der Waals surface area contributed by atoms with Gasteiger partial charge in [0, 0.05) is 12.3 Å². The highest BCUT2D eigenvalue weighted by molar-refractivity contribution is 5.76. The molecule has 0 aromatic carbocycles.